The summed E-state index contributed by atoms with van der Waals surface area (Å²) in [6.45, 7) is 3.55. The fourth-order valence-corrected chi connectivity index (χ4v) is 3.65. The highest BCUT2D eigenvalue weighted by Gasteiger charge is 2.36. The van der Waals surface area contributed by atoms with Gasteiger partial charge in [-0.05, 0) is 61.5 Å². The van der Waals surface area contributed by atoms with Gasteiger partial charge in [0, 0.05) is 6.07 Å². The number of ether oxygens (including phenoxy) is 3. The molecule has 1 unspecified atom stereocenters. The summed E-state index contributed by atoms with van der Waals surface area (Å²) in [7, 11) is 1.51. The smallest absolute Gasteiger partial charge is 0.344 e. The maximum Gasteiger partial charge on any atom is 0.344 e. The topological polar surface area (TPSA) is 102 Å². The third-order valence-corrected chi connectivity index (χ3v) is 5.19. The van der Waals surface area contributed by atoms with Crippen LogP contribution in [0.4, 0.5) is 10.5 Å². The predicted octanol–water partition coefficient (Wildman–Crippen LogP) is 4.19. The highest BCUT2D eigenvalue weighted by Crippen LogP contribution is 2.38. The Kier molecular flexibility index (Phi) is 6.86. The van der Waals surface area contributed by atoms with Crippen LogP contribution in [0.2, 0.25) is 0 Å². The molecule has 8 nitrogen and oxygen atoms in total. The normalized spacial score (nSPS) is 15.8. The Balaban J connectivity index is 1.88. The van der Waals surface area contributed by atoms with Gasteiger partial charge in [0.25, 0.3) is 11.1 Å². The zero-order valence-corrected chi connectivity index (χ0v) is 18.0. The minimum atomic E-state index is -1.10. The van der Waals surface area contributed by atoms with Gasteiger partial charge in [-0.25, -0.2) is 9.69 Å². The van der Waals surface area contributed by atoms with Gasteiger partial charge >= 0.3 is 5.97 Å². The number of aliphatic carboxylic acids is 1. The summed E-state index contributed by atoms with van der Waals surface area (Å²) in [4.78, 5) is 37.8. The van der Waals surface area contributed by atoms with Crippen molar-refractivity contribution < 1.29 is 33.7 Å². The number of hydrogen-bond donors (Lipinski definition) is 1. The fourth-order valence-electron chi connectivity index (χ4n) is 2.81. The molecule has 1 heterocycles. The lowest BCUT2D eigenvalue weighted by atomic mass is 10.1. The Morgan fingerprint density at radius 3 is 2.65 bits per heavy atom. The number of rotatable bonds is 8. The van der Waals surface area contributed by atoms with Crippen molar-refractivity contribution in [2.75, 3.05) is 18.6 Å². The number of hydrogen-bond acceptors (Lipinski definition) is 7. The van der Waals surface area contributed by atoms with Crippen LogP contribution in [0.15, 0.2) is 47.4 Å². The standard InChI is InChI=1S/C22H21NO7S/c1-4-29-18-10-14(8-9-17(18)30-13(2)21(25)26)11-19-20(24)23(22(27)31-19)15-6-5-7-16(12-15)28-3/h5-13H,4H2,1-3H3,(H,25,26)/b19-11+. The molecule has 0 radical (unpaired) electrons. The molecule has 162 valence electrons. The van der Waals surface area contributed by atoms with Crippen LogP contribution in [0.3, 0.4) is 0 Å². The van der Waals surface area contributed by atoms with E-state index in [0.717, 1.165) is 16.7 Å². The number of amides is 2. The van der Waals surface area contributed by atoms with Crippen LogP contribution in [-0.2, 0) is 9.59 Å². The molecule has 1 saturated heterocycles. The van der Waals surface area contributed by atoms with Crippen LogP contribution in [0.25, 0.3) is 6.08 Å². The van der Waals surface area contributed by atoms with Crippen LogP contribution in [0.5, 0.6) is 17.2 Å². The second-order valence-corrected chi connectivity index (χ2v) is 7.45. The zero-order chi connectivity index (χ0) is 22.5. The van der Waals surface area contributed by atoms with Crippen molar-refractivity contribution in [3.8, 4) is 17.2 Å². The van der Waals surface area contributed by atoms with E-state index in [1.54, 1.807) is 55.5 Å². The molecule has 0 aromatic heterocycles. The van der Waals surface area contributed by atoms with Gasteiger partial charge in [0.15, 0.2) is 17.6 Å². The van der Waals surface area contributed by atoms with Gasteiger partial charge in [0.1, 0.15) is 5.75 Å². The van der Waals surface area contributed by atoms with Gasteiger partial charge < -0.3 is 19.3 Å². The molecule has 2 aromatic rings. The Bertz CT molecular complexity index is 1050. The van der Waals surface area contributed by atoms with Crippen LogP contribution in [0, 0.1) is 0 Å². The third kappa shape index (κ3) is 5.00. The number of carboxylic acids is 1. The molecule has 0 aliphatic carbocycles. The lowest BCUT2D eigenvalue weighted by molar-refractivity contribution is -0.144. The number of benzene rings is 2. The molecule has 2 aromatic carbocycles. The fraction of sp³-hybridized carbons (Fsp3) is 0.227. The Hall–Kier alpha value is -3.46. The second-order valence-electron chi connectivity index (χ2n) is 6.46. The average Bonchev–Trinajstić information content (AvgIpc) is 3.02. The van der Waals surface area contributed by atoms with Gasteiger partial charge in [-0.2, -0.15) is 0 Å². The molecule has 1 aliphatic heterocycles. The predicted molar refractivity (Wildman–Crippen MR) is 117 cm³/mol. The number of carbonyl (C=O) groups excluding carboxylic acids is 2. The van der Waals surface area contributed by atoms with E-state index in [-0.39, 0.29) is 10.7 Å². The molecular formula is C22H21NO7S. The van der Waals surface area contributed by atoms with Gasteiger partial charge in [0.2, 0.25) is 0 Å². The first-order valence-electron chi connectivity index (χ1n) is 9.42. The van der Waals surface area contributed by atoms with Gasteiger partial charge in [-0.15, -0.1) is 0 Å². The zero-order valence-electron chi connectivity index (χ0n) is 17.2. The largest absolute Gasteiger partial charge is 0.497 e. The van der Waals surface area contributed by atoms with Crippen molar-refractivity contribution in [3.63, 3.8) is 0 Å². The molecule has 3 rings (SSSR count). The summed E-state index contributed by atoms with van der Waals surface area (Å²) in [5.74, 6) is -0.387. The number of thioether (sulfide) groups is 1. The number of anilines is 1. The SMILES string of the molecule is CCOc1cc(/C=C2/SC(=O)N(c3cccc(OC)c3)C2=O)ccc1OC(C)C(=O)O. The Morgan fingerprint density at radius 2 is 1.97 bits per heavy atom. The summed E-state index contributed by atoms with van der Waals surface area (Å²) in [6.07, 6.45) is 0.530. The monoisotopic (exact) mass is 443 g/mol. The number of carboxylic acid groups (broad SMARTS) is 1. The van der Waals surface area contributed by atoms with E-state index in [1.165, 1.54) is 14.0 Å². The summed E-state index contributed by atoms with van der Waals surface area (Å²) < 4.78 is 16.1. The minimum Gasteiger partial charge on any atom is -0.497 e. The van der Waals surface area contributed by atoms with Crippen LogP contribution >= 0.6 is 11.8 Å². The molecule has 1 aliphatic rings. The molecule has 2 amide bonds. The van der Waals surface area contributed by atoms with Crippen molar-refractivity contribution in [1.29, 1.82) is 0 Å². The highest BCUT2D eigenvalue weighted by atomic mass is 32.2. The van der Waals surface area contributed by atoms with E-state index >= 15 is 0 Å². The molecule has 0 bridgehead atoms. The minimum absolute atomic E-state index is 0.253. The summed E-state index contributed by atoms with van der Waals surface area (Å²) in [5.41, 5.74) is 1.03. The molecule has 0 spiro atoms. The quantitative estimate of drug-likeness (QED) is 0.606. The second kappa shape index (κ2) is 9.57. The van der Waals surface area contributed by atoms with E-state index in [0.29, 0.717) is 29.4 Å². The molecule has 31 heavy (non-hydrogen) atoms. The number of nitrogens with zero attached hydrogens (tertiary/aromatic N) is 1. The highest BCUT2D eigenvalue weighted by molar-refractivity contribution is 8.19. The van der Waals surface area contributed by atoms with Crippen molar-refractivity contribution in [3.05, 3.63) is 52.9 Å². The van der Waals surface area contributed by atoms with E-state index in [4.69, 9.17) is 19.3 Å². The molecule has 1 N–H and O–H groups in total. The number of imide groups is 1. The van der Waals surface area contributed by atoms with Crippen LogP contribution < -0.4 is 19.1 Å². The van der Waals surface area contributed by atoms with Gasteiger partial charge in [-0.1, -0.05) is 12.1 Å². The molecule has 1 fully saturated rings. The molecule has 1 atom stereocenters. The van der Waals surface area contributed by atoms with Crippen molar-refractivity contribution in [2.45, 2.75) is 20.0 Å². The molecule has 0 saturated carbocycles. The summed E-state index contributed by atoms with van der Waals surface area (Å²) >= 11 is 0.831. The Labute approximate surface area is 183 Å². The lowest BCUT2D eigenvalue weighted by Crippen LogP contribution is -2.27. The van der Waals surface area contributed by atoms with Crippen LogP contribution in [0.1, 0.15) is 19.4 Å². The van der Waals surface area contributed by atoms with Crippen LogP contribution in [-0.4, -0.2) is 42.0 Å². The van der Waals surface area contributed by atoms with Gasteiger partial charge in [-0.3, -0.25) is 9.59 Å². The molecule has 9 heteroatoms. The lowest BCUT2D eigenvalue weighted by Gasteiger charge is -2.15. The third-order valence-electron chi connectivity index (χ3n) is 4.32. The van der Waals surface area contributed by atoms with E-state index in [2.05, 4.69) is 0 Å². The maximum atomic E-state index is 12.9. The first kappa shape index (κ1) is 22.2. The van der Waals surface area contributed by atoms with Gasteiger partial charge in [0.05, 0.1) is 24.3 Å². The van der Waals surface area contributed by atoms with Crippen molar-refractivity contribution >= 4 is 40.6 Å². The average molecular weight is 443 g/mol. The van der Waals surface area contributed by atoms with Crippen molar-refractivity contribution in [1.82, 2.24) is 0 Å². The summed E-state index contributed by atoms with van der Waals surface area (Å²) in [6, 6.07) is 11.6. The first-order valence-corrected chi connectivity index (χ1v) is 10.2. The van der Waals surface area contributed by atoms with E-state index in [1.807, 2.05) is 0 Å². The first-order chi connectivity index (χ1) is 14.8. The molecular weight excluding hydrogens is 422 g/mol. The maximum absolute atomic E-state index is 12.9. The number of methoxy groups -OCH3 is 1. The summed E-state index contributed by atoms with van der Waals surface area (Å²) in [5, 5.41) is 8.64. The Morgan fingerprint density at radius 1 is 1.19 bits per heavy atom. The van der Waals surface area contributed by atoms with E-state index < -0.39 is 23.2 Å². The van der Waals surface area contributed by atoms with Crippen molar-refractivity contribution in [2.24, 2.45) is 0 Å². The van der Waals surface area contributed by atoms with E-state index in [9.17, 15) is 14.4 Å². The number of carbonyl (C=O) groups is 3.